The molecule has 0 unspecified atom stereocenters. The van der Waals surface area contributed by atoms with Crippen molar-refractivity contribution in [3.63, 3.8) is 0 Å². The quantitative estimate of drug-likeness (QED) is 0.763. The van der Waals surface area contributed by atoms with E-state index in [1.54, 1.807) is 0 Å². The van der Waals surface area contributed by atoms with Crippen molar-refractivity contribution in [2.24, 2.45) is 5.92 Å². The number of hydrogen-bond acceptors (Lipinski definition) is 1. The fourth-order valence-electron chi connectivity index (χ4n) is 2.30. The molecule has 0 aromatic carbocycles. The predicted molar refractivity (Wildman–Crippen MR) is 76.2 cm³/mol. The average molecular weight is 317 g/mol. The van der Waals surface area contributed by atoms with E-state index in [1.807, 2.05) is 13.8 Å². The largest absolute Gasteiger partial charge is 0.312 e. The molecule has 0 aromatic heterocycles. The fourth-order valence-corrected chi connectivity index (χ4v) is 2.93. The molecule has 2 N–H and O–H groups in total. The maximum Gasteiger partial charge on any atom is 0.262 e. The van der Waals surface area contributed by atoms with Gasteiger partial charge in [0.15, 0.2) is 0 Å². The van der Waals surface area contributed by atoms with Crippen LogP contribution in [0.5, 0.6) is 0 Å². The van der Waals surface area contributed by atoms with Gasteiger partial charge in [0, 0.05) is 6.42 Å². The Morgan fingerprint density at radius 3 is 2.22 bits per heavy atom. The first-order valence-corrected chi connectivity index (χ1v) is 7.64. The zero-order chi connectivity index (χ0) is 13.8. The Hall–Kier alpha value is 0.300. The van der Waals surface area contributed by atoms with Crippen molar-refractivity contribution in [2.75, 3.05) is 13.1 Å². The van der Waals surface area contributed by atoms with Gasteiger partial charge in [-0.15, -0.1) is 0 Å². The molecule has 0 aliphatic carbocycles. The van der Waals surface area contributed by atoms with E-state index in [2.05, 4.69) is 5.32 Å². The van der Waals surface area contributed by atoms with E-state index in [1.165, 1.54) is 11.3 Å². The lowest BCUT2D eigenvalue weighted by molar-refractivity contribution is -0.931. The Morgan fingerprint density at radius 2 is 1.78 bits per heavy atom. The summed E-state index contributed by atoms with van der Waals surface area (Å²) in [7, 11) is 0. The van der Waals surface area contributed by atoms with E-state index in [0.717, 1.165) is 25.9 Å². The topological polar surface area (TPSA) is 33.5 Å². The minimum Gasteiger partial charge on any atom is -0.312 e. The minimum atomic E-state index is -1.46. The molecule has 1 aliphatic rings. The summed E-state index contributed by atoms with van der Waals surface area (Å²) in [6.07, 6.45) is 3.47. The van der Waals surface area contributed by atoms with Gasteiger partial charge in [-0.25, -0.2) is 0 Å². The second-order valence-corrected chi connectivity index (χ2v) is 7.73. The number of halogens is 3. The van der Waals surface area contributed by atoms with E-state index in [0.29, 0.717) is 12.3 Å². The number of carbonyl (C=O) groups excluding carboxylic acids is 1. The molecule has 0 saturated carbocycles. The van der Waals surface area contributed by atoms with Gasteiger partial charge in [-0.2, -0.15) is 0 Å². The summed E-state index contributed by atoms with van der Waals surface area (Å²) >= 11 is 18.0. The van der Waals surface area contributed by atoms with Crippen LogP contribution in [-0.2, 0) is 4.79 Å². The third kappa shape index (κ3) is 5.52. The van der Waals surface area contributed by atoms with Crippen LogP contribution < -0.4 is 10.2 Å². The highest BCUT2D eigenvalue weighted by molar-refractivity contribution is 6.68. The molecule has 1 aliphatic heterocycles. The number of likely N-dealkylation sites (tertiary alicyclic amines) is 1. The number of amides is 1. The van der Waals surface area contributed by atoms with Crippen molar-refractivity contribution in [3.8, 4) is 0 Å². The highest BCUT2D eigenvalue weighted by Gasteiger charge is 2.42. The van der Waals surface area contributed by atoms with Gasteiger partial charge >= 0.3 is 0 Å². The van der Waals surface area contributed by atoms with E-state index in [4.69, 9.17) is 34.8 Å². The van der Waals surface area contributed by atoms with Gasteiger partial charge in [0.25, 0.3) is 3.79 Å². The number of carbonyl (C=O) groups is 1. The molecule has 6 heteroatoms. The molecule has 1 saturated heterocycles. The lowest BCUT2D eigenvalue weighted by Crippen LogP contribution is -3.20. The Morgan fingerprint density at radius 1 is 1.22 bits per heavy atom. The molecule has 0 bridgehead atoms. The van der Waals surface area contributed by atoms with E-state index >= 15 is 0 Å². The first kappa shape index (κ1) is 16.4. The number of quaternary nitrogens is 1. The molecule has 1 rings (SSSR count). The van der Waals surface area contributed by atoms with E-state index < -0.39 is 9.96 Å². The smallest absolute Gasteiger partial charge is 0.262 e. The number of nitrogens with one attached hydrogen (secondary N) is 2. The molecule has 18 heavy (non-hydrogen) atoms. The monoisotopic (exact) mass is 315 g/mol. The van der Waals surface area contributed by atoms with Crippen LogP contribution >= 0.6 is 34.8 Å². The van der Waals surface area contributed by atoms with Crippen molar-refractivity contribution in [2.45, 2.75) is 49.5 Å². The van der Waals surface area contributed by atoms with Gasteiger partial charge < -0.3 is 10.2 Å². The number of piperidine rings is 1. The molecule has 0 aromatic rings. The maximum absolute atomic E-state index is 11.9. The average Bonchev–Trinajstić information content (AvgIpc) is 2.24. The molecule has 106 valence electrons. The standard InChI is InChI=1S/C12H21Cl3N2O/c1-9(2)8-10(18)16-11(12(13,14)15)17-6-4-3-5-7-17/h9,11H,3-8H2,1-2H3,(H,16,18)/p+1/t11-/m0/s1. The Kier molecular flexibility index (Phi) is 6.52. The molecule has 1 fully saturated rings. The van der Waals surface area contributed by atoms with Crippen LogP contribution in [0, 0.1) is 5.92 Å². The van der Waals surface area contributed by atoms with Crippen LogP contribution in [0.15, 0.2) is 0 Å². The van der Waals surface area contributed by atoms with Crippen molar-refractivity contribution in [1.29, 1.82) is 0 Å². The molecule has 3 nitrogen and oxygen atoms in total. The molecule has 1 amide bonds. The number of rotatable bonds is 4. The van der Waals surface area contributed by atoms with Gasteiger partial charge in [0.1, 0.15) is 0 Å². The summed E-state index contributed by atoms with van der Waals surface area (Å²) in [5, 5.41) is 2.89. The van der Waals surface area contributed by atoms with Crippen LogP contribution in [0.2, 0.25) is 0 Å². The Bertz CT molecular complexity index is 273. The second kappa shape index (κ2) is 7.18. The fraction of sp³-hybridized carbons (Fsp3) is 0.917. The second-order valence-electron chi connectivity index (χ2n) is 5.36. The summed E-state index contributed by atoms with van der Waals surface area (Å²) in [6.45, 7) is 5.89. The SMILES string of the molecule is CC(C)CC(=O)N[C@@H]([NH+]1CCCCC1)C(Cl)(Cl)Cl. The lowest BCUT2D eigenvalue weighted by Gasteiger charge is -2.35. The molecule has 0 radical (unpaired) electrons. The first-order chi connectivity index (χ1) is 8.30. The molecular weight excluding hydrogens is 295 g/mol. The first-order valence-electron chi connectivity index (χ1n) is 6.51. The van der Waals surface area contributed by atoms with Gasteiger partial charge in [0.05, 0.1) is 13.1 Å². The van der Waals surface area contributed by atoms with E-state index in [-0.39, 0.29) is 5.91 Å². The van der Waals surface area contributed by atoms with Crippen LogP contribution in [0.3, 0.4) is 0 Å². The van der Waals surface area contributed by atoms with Gasteiger partial charge in [-0.1, -0.05) is 48.7 Å². The third-order valence-electron chi connectivity index (χ3n) is 3.13. The molecule has 1 heterocycles. The zero-order valence-corrected chi connectivity index (χ0v) is 13.2. The number of alkyl halides is 3. The lowest BCUT2D eigenvalue weighted by atomic mass is 10.1. The van der Waals surface area contributed by atoms with E-state index in [9.17, 15) is 4.79 Å². The molecular formula is C12H22Cl3N2O+. The van der Waals surface area contributed by atoms with Gasteiger partial charge in [-0.05, 0) is 25.2 Å². The summed E-state index contributed by atoms with van der Waals surface area (Å²) in [5.41, 5.74) is 0. The number of hydrogen-bond donors (Lipinski definition) is 2. The van der Waals surface area contributed by atoms with Crippen LogP contribution in [0.4, 0.5) is 0 Å². The highest BCUT2D eigenvalue weighted by atomic mass is 35.6. The van der Waals surface area contributed by atoms with Crippen LogP contribution in [-0.4, -0.2) is 29.0 Å². The Labute approximate surface area is 124 Å². The van der Waals surface area contributed by atoms with Crippen molar-refractivity contribution < 1.29 is 9.69 Å². The zero-order valence-electron chi connectivity index (χ0n) is 10.9. The predicted octanol–water partition coefficient (Wildman–Crippen LogP) is 1.91. The summed E-state index contributed by atoms with van der Waals surface area (Å²) in [6, 6.07) is 0. The van der Waals surface area contributed by atoms with Crippen LogP contribution in [0.1, 0.15) is 39.5 Å². The Balaban J connectivity index is 2.63. The minimum absolute atomic E-state index is 0.0422. The van der Waals surface area contributed by atoms with Crippen molar-refractivity contribution in [1.82, 2.24) is 5.32 Å². The molecule has 1 atom stereocenters. The van der Waals surface area contributed by atoms with Crippen molar-refractivity contribution >= 4 is 40.7 Å². The van der Waals surface area contributed by atoms with Gasteiger partial charge in [-0.3, -0.25) is 4.79 Å². The van der Waals surface area contributed by atoms with Crippen LogP contribution in [0.25, 0.3) is 0 Å². The van der Waals surface area contributed by atoms with Crippen molar-refractivity contribution in [3.05, 3.63) is 0 Å². The summed E-state index contributed by atoms with van der Waals surface area (Å²) in [4.78, 5) is 13.0. The highest BCUT2D eigenvalue weighted by Crippen LogP contribution is 2.28. The third-order valence-corrected chi connectivity index (χ3v) is 3.78. The van der Waals surface area contributed by atoms with Gasteiger partial charge in [0.2, 0.25) is 12.1 Å². The maximum atomic E-state index is 11.9. The normalized spacial score (nSPS) is 19.9. The molecule has 0 spiro atoms. The summed E-state index contributed by atoms with van der Waals surface area (Å²) in [5.74, 6) is 0.261. The summed E-state index contributed by atoms with van der Waals surface area (Å²) < 4.78 is -1.46.